The fourth-order valence-corrected chi connectivity index (χ4v) is 4.20. The molecule has 0 bridgehead atoms. The Morgan fingerprint density at radius 1 is 1.29 bits per heavy atom. The van der Waals surface area contributed by atoms with E-state index in [1.165, 1.54) is 0 Å². The van der Waals surface area contributed by atoms with Crippen molar-refractivity contribution in [3.63, 3.8) is 0 Å². The van der Waals surface area contributed by atoms with E-state index in [4.69, 9.17) is 0 Å². The Hall–Kier alpha value is -1.60. The number of carbonyl (C=O) groups is 1. The first kappa shape index (κ1) is 15.8. The topological polar surface area (TPSA) is 86.7 Å². The Morgan fingerprint density at radius 2 is 1.90 bits per heavy atom. The van der Waals surface area contributed by atoms with Crippen LogP contribution >= 0.6 is 0 Å². The molecule has 1 aromatic carbocycles. The van der Waals surface area contributed by atoms with Crippen LogP contribution in [0.3, 0.4) is 0 Å². The number of carboxylic acid groups (broad SMARTS) is 1. The number of hydrogen-bond acceptors (Lipinski definition) is 3. The normalized spacial score (nSPS) is 20.2. The lowest BCUT2D eigenvalue weighted by atomic mass is 10.1. The molecule has 1 atom stereocenters. The van der Waals surface area contributed by atoms with Crippen LogP contribution in [-0.2, 0) is 15.0 Å². The number of rotatable bonds is 4. The lowest BCUT2D eigenvalue weighted by Gasteiger charge is -2.32. The molecule has 0 amide bonds. The number of aryl methyl sites for hydroxylation is 2. The number of hydrogen-bond donors (Lipinski definition) is 2. The highest BCUT2D eigenvalue weighted by atomic mass is 32.2. The minimum atomic E-state index is -3.87. The van der Waals surface area contributed by atoms with Crippen LogP contribution in [0.25, 0.3) is 0 Å². The molecule has 7 heteroatoms. The van der Waals surface area contributed by atoms with Gasteiger partial charge in [0.05, 0.1) is 5.69 Å². The van der Waals surface area contributed by atoms with E-state index in [1.54, 1.807) is 0 Å². The summed E-state index contributed by atoms with van der Waals surface area (Å²) < 4.78 is 28.7. The molecule has 2 rings (SSSR count). The van der Waals surface area contributed by atoms with Gasteiger partial charge < -0.3 is 5.11 Å². The summed E-state index contributed by atoms with van der Waals surface area (Å²) in [7, 11) is -3.87. The molecule has 2 N–H and O–H groups in total. The van der Waals surface area contributed by atoms with Gasteiger partial charge >= 0.3 is 16.2 Å². The average Bonchev–Trinajstić information content (AvgIpc) is 2.43. The summed E-state index contributed by atoms with van der Waals surface area (Å²) >= 11 is 0. The third-order valence-corrected chi connectivity index (χ3v) is 5.28. The fourth-order valence-electron chi connectivity index (χ4n) is 2.60. The highest BCUT2D eigenvalue weighted by Crippen LogP contribution is 2.25. The Morgan fingerprint density at radius 3 is 2.48 bits per heavy atom. The van der Waals surface area contributed by atoms with Crippen LogP contribution in [0.15, 0.2) is 18.2 Å². The van der Waals surface area contributed by atoms with Crippen LogP contribution in [0, 0.1) is 13.8 Å². The van der Waals surface area contributed by atoms with Gasteiger partial charge in [-0.25, -0.2) is 0 Å². The first-order chi connectivity index (χ1) is 9.83. The van der Waals surface area contributed by atoms with Gasteiger partial charge in [-0.2, -0.15) is 12.7 Å². The van der Waals surface area contributed by atoms with Crippen LogP contribution in [0.2, 0.25) is 0 Å². The quantitative estimate of drug-likeness (QED) is 0.889. The minimum Gasteiger partial charge on any atom is -0.480 e. The summed E-state index contributed by atoms with van der Waals surface area (Å²) in [6.07, 6.45) is 1.76. The first-order valence-corrected chi connectivity index (χ1v) is 8.35. The van der Waals surface area contributed by atoms with Gasteiger partial charge in [-0.1, -0.05) is 18.2 Å². The highest BCUT2D eigenvalue weighted by molar-refractivity contribution is 7.90. The van der Waals surface area contributed by atoms with Gasteiger partial charge in [0, 0.05) is 6.54 Å². The highest BCUT2D eigenvalue weighted by Gasteiger charge is 2.37. The molecule has 1 saturated heterocycles. The second kappa shape index (κ2) is 6.03. The largest absolute Gasteiger partial charge is 0.480 e. The van der Waals surface area contributed by atoms with Crippen molar-refractivity contribution in [3.8, 4) is 0 Å². The monoisotopic (exact) mass is 312 g/mol. The summed E-state index contributed by atoms with van der Waals surface area (Å²) in [5.41, 5.74) is 2.14. The van der Waals surface area contributed by atoms with E-state index in [-0.39, 0.29) is 6.54 Å². The smallest absolute Gasteiger partial charge is 0.322 e. The van der Waals surface area contributed by atoms with Gasteiger partial charge in [0.25, 0.3) is 0 Å². The van der Waals surface area contributed by atoms with Gasteiger partial charge in [0.15, 0.2) is 0 Å². The van der Waals surface area contributed by atoms with E-state index in [0.29, 0.717) is 18.5 Å². The second-order valence-electron chi connectivity index (χ2n) is 5.33. The Kier molecular flexibility index (Phi) is 4.53. The average molecular weight is 312 g/mol. The van der Waals surface area contributed by atoms with Gasteiger partial charge in [-0.05, 0) is 44.2 Å². The molecule has 1 fully saturated rings. The molecule has 1 unspecified atom stereocenters. The fraction of sp³-hybridized carbons (Fsp3) is 0.500. The summed E-state index contributed by atoms with van der Waals surface area (Å²) in [5, 5.41) is 9.21. The molecule has 0 aromatic heterocycles. The van der Waals surface area contributed by atoms with Gasteiger partial charge in [-0.3, -0.25) is 9.52 Å². The number of nitrogens with zero attached hydrogens (tertiary/aromatic N) is 1. The van der Waals surface area contributed by atoms with Gasteiger partial charge in [0.2, 0.25) is 0 Å². The zero-order valence-electron chi connectivity index (χ0n) is 12.2. The number of anilines is 1. The molecule has 0 aliphatic carbocycles. The molecule has 1 aromatic rings. The number of piperidine rings is 1. The summed E-state index contributed by atoms with van der Waals surface area (Å²) in [4.78, 5) is 11.3. The Balaban J connectivity index is 2.31. The summed E-state index contributed by atoms with van der Waals surface area (Å²) in [6.45, 7) is 3.86. The van der Waals surface area contributed by atoms with Crippen molar-refractivity contribution in [1.29, 1.82) is 0 Å². The maximum atomic E-state index is 12.5. The molecule has 21 heavy (non-hydrogen) atoms. The molecule has 1 aliphatic heterocycles. The molecule has 0 radical (unpaired) electrons. The van der Waals surface area contributed by atoms with Crippen LogP contribution in [0.1, 0.15) is 30.4 Å². The Bertz CT molecular complexity index is 622. The standard InChI is InChI=1S/C14H20N2O4S/c1-10-6-5-7-11(2)13(10)15-21(19,20)16-9-4-3-8-12(16)14(17)18/h5-7,12,15H,3-4,8-9H2,1-2H3,(H,17,18). The van der Waals surface area contributed by atoms with E-state index in [2.05, 4.69) is 4.72 Å². The van der Waals surface area contributed by atoms with Gasteiger partial charge in [-0.15, -0.1) is 0 Å². The maximum Gasteiger partial charge on any atom is 0.322 e. The minimum absolute atomic E-state index is 0.233. The number of nitrogens with one attached hydrogen (secondary N) is 1. The second-order valence-corrected chi connectivity index (χ2v) is 6.96. The van der Waals surface area contributed by atoms with Crippen molar-refractivity contribution < 1.29 is 18.3 Å². The number of aliphatic carboxylic acids is 1. The molecule has 1 aliphatic rings. The molecule has 116 valence electrons. The third-order valence-electron chi connectivity index (χ3n) is 3.76. The third kappa shape index (κ3) is 3.36. The lowest BCUT2D eigenvalue weighted by Crippen LogP contribution is -2.50. The SMILES string of the molecule is Cc1cccc(C)c1NS(=O)(=O)N1CCCCC1C(=O)O. The number of para-hydroxylation sites is 1. The summed E-state index contributed by atoms with van der Waals surface area (Å²) in [5.74, 6) is -1.10. The number of carboxylic acids is 1. The Labute approximate surface area is 125 Å². The zero-order valence-corrected chi connectivity index (χ0v) is 13.0. The van der Waals surface area contributed by atoms with Crippen molar-refractivity contribution >= 4 is 21.9 Å². The molecular formula is C14H20N2O4S. The van der Waals surface area contributed by atoms with Crippen molar-refractivity contribution in [2.45, 2.75) is 39.2 Å². The van der Waals surface area contributed by atoms with E-state index in [1.807, 2.05) is 32.0 Å². The van der Waals surface area contributed by atoms with Crippen LogP contribution in [0.5, 0.6) is 0 Å². The van der Waals surface area contributed by atoms with Crippen LogP contribution in [0.4, 0.5) is 5.69 Å². The van der Waals surface area contributed by atoms with E-state index >= 15 is 0 Å². The first-order valence-electron chi connectivity index (χ1n) is 6.91. The number of benzene rings is 1. The predicted molar refractivity (Wildman–Crippen MR) is 80.4 cm³/mol. The van der Waals surface area contributed by atoms with Crippen molar-refractivity contribution in [2.75, 3.05) is 11.3 Å². The summed E-state index contributed by atoms with van der Waals surface area (Å²) in [6, 6.07) is 4.50. The van der Waals surface area contributed by atoms with E-state index < -0.39 is 22.2 Å². The molecule has 6 nitrogen and oxygen atoms in total. The maximum absolute atomic E-state index is 12.5. The van der Waals surface area contributed by atoms with Crippen molar-refractivity contribution in [2.24, 2.45) is 0 Å². The molecule has 1 heterocycles. The van der Waals surface area contributed by atoms with Crippen molar-refractivity contribution in [3.05, 3.63) is 29.3 Å². The van der Waals surface area contributed by atoms with Gasteiger partial charge in [0.1, 0.15) is 6.04 Å². The van der Waals surface area contributed by atoms with E-state index in [0.717, 1.165) is 21.9 Å². The molecule has 0 spiro atoms. The van der Waals surface area contributed by atoms with Crippen LogP contribution in [-0.4, -0.2) is 36.4 Å². The lowest BCUT2D eigenvalue weighted by molar-refractivity contribution is -0.142. The van der Waals surface area contributed by atoms with Crippen LogP contribution < -0.4 is 4.72 Å². The molecular weight excluding hydrogens is 292 g/mol. The molecule has 0 saturated carbocycles. The zero-order chi connectivity index (χ0) is 15.6. The predicted octanol–water partition coefficient (Wildman–Crippen LogP) is 1.90. The van der Waals surface area contributed by atoms with Crippen molar-refractivity contribution in [1.82, 2.24) is 4.31 Å². The van der Waals surface area contributed by atoms with E-state index in [9.17, 15) is 18.3 Å².